The van der Waals surface area contributed by atoms with Crippen molar-refractivity contribution in [1.82, 2.24) is 9.88 Å². The Morgan fingerprint density at radius 2 is 2.26 bits per heavy atom. The molecule has 100 valence electrons. The maximum Gasteiger partial charge on any atom is 0.0863 e. The molecule has 1 aliphatic heterocycles. The Morgan fingerprint density at radius 1 is 1.47 bits per heavy atom. The van der Waals surface area contributed by atoms with Crippen LogP contribution in [-0.2, 0) is 13.0 Å². The van der Waals surface area contributed by atoms with Gasteiger partial charge in [-0.15, -0.1) is 0 Å². The fourth-order valence-corrected chi connectivity index (χ4v) is 2.98. The molecule has 0 saturated heterocycles. The summed E-state index contributed by atoms with van der Waals surface area (Å²) in [6.07, 6.45) is 1.72. The minimum atomic E-state index is 0.273. The van der Waals surface area contributed by atoms with Gasteiger partial charge in [-0.25, -0.2) is 0 Å². The second-order valence-electron chi connectivity index (χ2n) is 5.47. The van der Waals surface area contributed by atoms with E-state index >= 15 is 0 Å². The van der Waals surface area contributed by atoms with Gasteiger partial charge in [0.15, 0.2) is 0 Å². The van der Waals surface area contributed by atoms with E-state index in [2.05, 4.69) is 47.7 Å². The van der Waals surface area contributed by atoms with Gasteiger partial charge in [0.1, 0.15) is 0 Å². The molecule has 1 aromatic heterocycles. The highest BCUT2D eigenvalue weighted by Gasteiger charge is 2.25. The monoisotopic (exact) mass is 256 g/mol. The van der Waals surface area contributed by atoms with Crippen LogP contribution in [0.1, 0.15) is 24.6 Å². The molecule has 19 heavy (non-hydrogen) atoms. The molecule has 0 saturated carbocycles. The zero-order chi connectivity index (χ0) is 13.4. The topological polar surface area (TPSA) is 39.3 Å². The molecule has 1 aromatic carbocycles. The molecule has 0 unspecified atom stereocenters. The largest absolute Gasteiger partial charge is 0.513 e. The SMILES string of the molecule is C=C(O)CCN1Cc2[nH]c3ccccc3c2C[C@H]1C. The van der Waals surface area contributed by atoms with Crippen LogP contribution in [-0.4, -0.2) is 27.6 Å². The number of hydrogen-bond acceptors (Lipinski definition) is 2. The Balaban J connectivity index is 1.88. The van der Waals surface area contributed by atoms with Crippen molar-refractivity contribution in [3.05, 3.63) is 47.9 Å². The van der Waals surface area contributed by atoms with Crippen LogP contribution >= 0.6 is 0 Å². The molecule has 3 heteroatoms. The average molecular weight is 256 g/mol. The van der Waals surface area contributed by atoms with Crippen molar-refractivity contribution in [2.45, 2.75) is 32.4 Å². The van der Waals surface area contributed by atoms with Crippen LogP contribution in [0.15, 0.2) is 36.6 Å². The van der Waals surface area contributed by atoms with Crippen LogP contribution in [0.3, 0.4) is 0 Å². The Bertz CT molecular complexity index is 614. The number of benzene rings is 1. The van der Waals surface area contributed by atoms with Gasteiger partial charge in [-0.2, -0.15) is 0 Å². The van der Waals surface area contributed by atoms with E-state index in [1.54, 1.807) is 0 Å². The number of H-pyrrole nitrogens is 1. The van der Waals surface area contributed by atoms with Crippen LogP contribution in [0.4, 0.5) is 0 Å². The number of aliphatic hydroxyl groups is 1. The number of hydrogen-bond donors (Lipinski definition) is 2. The van der Waals surface area contributed by atoms with E-state index in [-0.39, 0.29) is 5.76 Å². The van der Waals surface area contributed by atoms with Gasteiger partial charge >= 0.3 is 0 Å². The number of aromatic nitrogens is 1. The van der Waals surface area contributed by atoms with E-state index in [1.165, 1.54) is 22.2 Å². The summed E-state index contributed by atoms with van der Waals surface area (Å²) in [5.41, 5.74) is 4.01. The summed E-state index contributed by atoms with van der Waals surface area (Å²) in [4.78, 5) is 5.93. The lowest BCUT2D eigenvalue weighted by Crippen LogP contribution is -2.38. The quantitative estimate of drug-likeness (QED) is 0.826. The van der Waals surface area contributed by atoms with Gasteiger partial charge in [0.25, 0.3) is 0 Å². The second-order valence-corrected chi connectivity index (χ2v) is 5.47. The van der Waals surface area contributed by atoms with Crippen LogP contribution in [0.5, 0.6) is 0 Å². The number of aliphatic hydroxyl groups excluding tert-OH is 1. The molecular formula is C16H20N2O. The molecule has 0 aliphatic carbocycles. The first-order valence-corrected chi connectivity index (χ1v) is 6.84. The fraction of sp³-hybridized carbons (Fsp3) is 0.375. The van der Waals surface area contributed by atoms with Crippen molar-refractivity contribution in [2.75, 3.05) is 6.54 Å². The number of nitrogens with zero attached hydrogens (tertiary/aromatic N) is 1. The molecule has 0 bridgehead atoms. The van der Waals surface area contributed by atoms with Crippen molar-refractivity contribution < 1.29 is 5.11 Å². The van der Waals surface area contributed by atoms with Crippen molar-refractivity contribution in [3.8, 4) is 0 Å². The van der Waals surface area contributed by atoms with E-state index in [4.69, 9.17) is 0 Å². The number of rotatable bonds is 3. The molecule has 1 aliphatic rings. The zero-order valence-electron chi connectivity index (χ0n) is 11.3. The van der Waals surface area contributed by atoms with Crippen molar-refractivity contribution >= 4 is 10.9 Å². The van der Waals surface area contributed by atoms with Crippen molar-refractivity contribution in [2.24, 2.45) is 0 Å². The second kappa shape index (κ2) is 4.74. The van der Waals surface area contributed by atoms with Crippen molar-refractivity contribution in [1.29, 1.82) is 0 Å². The highest BCUT2D eigenvalue weighted by atomic mass is 16.3. The van der Waals surface area contributed by atoms with E-state index in [0.29, 0.717) is 12.5 Å². The van der Waals surface area contributed by atoms with Gasteiger partial charge in [-0.05, 0) is 25.0 Å². The minimum absolute atomic E-state index is 0.273. The predicted molar refractivity (Wildman–Crippen MR) is 78.3 cm³/mol. The van der Waals surface area contributed by atoms with E-state index < -0.39 is 0 Å². The Morgan fingerprint density at radius 3 is 3.05 bits per heavy atom. The third-order valence-electron chi connectivity index (χ3n) is 4.07. The first-order valence-electron chi connectivity index (χ1n) is 6.84. The maximum atomic E-state index is 9.25. The zero-order valence-corrected chi connectivity index (χ0v) is 11.3. The van der Waals surface area contributed by atoms with Gasteiger partial charge in [0, 0.05) is 42.1 Å². The lowest BCUT2D eigenvalue weighted by molar-refractivity contribution is 0.177. The predicted octanol–water partition coefficient (Wildman–Crippen LogP) is 3.38. The molecule has 0 spiro atoms. The van der Waals surface area contributed by atoms with Gasteiger partial charge in [-0.3, -0.25) is 4.90 Å². The first-order chi connectivity index (χ1) is 9.15. The average Bonchev–Trinajstić information content (AvgIpc) is 2.73. The molecule has 2 heterocycles. The number of fused-ring (bicyclic) bond motifs is 3. The molecule has 0 fully saturated rings. The van der Waals surface area contributed by atoms with Crippen molar-refractivity contribution in [3.63, 3.8) is 0 Å². The normalized spacial score (nSPS) is 19.5. The molecule has 2 N–H and O–H groups in total. The summed E-state index contributed by atoms with van der Waals surface area (Å²) in [6, 6.07) is 9.01. The summed E-state index contributed by atoms with van der Waals surface area (Å²) >= 11 is 0. The molecule has 3 nitrogen and oxygen atoms in total. The van der Waals surface area contributed by atoms with Crippen LogP contribution in [0.25, 0.3) is 10.9 Å². The molecule has 0 amide bonds. The first kappa shape index (κ1) is 12.3. The summed E-state index contributed by atoms with van der Waals surface area (Å²) < 4.78 is 0. The van der Waals surface area contributed by atoms with Gasteiger partial charge < -0.3 is 10.1 Å². The molecule has 2 aromatic rings. The molecule has 0 radical (unpaired) electrons. The van der Waals surface area contributed by atoms with E-state index in [0.717, 1.165) is 19.5 Å². The third kappa shape index (κ3) is 2.26. The van der Waals surface area contributed by atoms with Crippen LogP contribution < -0.4 is 0 Å². The number of aromatic amines is 1. The van der Waals surface area contributed by atoms with Crippen LogP contribution in [0.2, 0.25) is 0 Å². The van der Waals surface area contributed by atoms with E-state index in [1.807, 2.05) is 0 Å². The Labute approximate surface area is 113 Å². The van der Waals surface area contributed by atoms with Gasteiger partial charge in [-0.1, -0.05) is 24.8 Å². The Kier molecular flexibility index (Phi) is 3.07. The Hall–Kier alpha value is -1.74. The highest BCUT2D eigenvalue weighted by molar-refractivity contribution is 5.84. The van der Waals surface area contributed by atoms with Crippen LogP contribution in [0, 0.1) is 0 Å². The highest BCUT2D eigenvalue weighted by Crippen LogP contribution is 2.30. The van der Waals surface area contributed by atoms with Gasteiger partial charge in [0.2, 0.25) is 0 Å². The number of para-hydroxylation sites is 1. The minimum Gasteiger partial charge on any atom is -0.513 e. The van der Waals surface area contributed by atoms with E-state index in [9.17, 15) is 5.11 Å². The summed E-state index contributed by atoms with van der Waals surface area (Å²) in [5.74, 6) is 0.273. The lowest BCUT2D eigenvalue weighted by Gasteiger charge is -2.33. The summed E-state index contributed by atoms with van der Waals surface area (Å²) in [6.45, 7) is 7.61. The molecule has 3 rings (SSSR count). The fourth-order valence-electron chi connectivity index (χ4n) is 2.98. The smallest absolute Gasteiger partial charge is 0.0863 e. The summed E-state index contributed by atoms with van der Waals surface area (Å²) in [5, 5.41) is 10.6. The maximum absolute atomic E-state index is 9.25. The molecular weight excluding hydrogens is 236 g/mol. The number of nitrogens with one attached hydrogen (secondary N) is 1. The molecule has 1 atom stereocenters. The summed E-state index contributed by atoms with van der Waals surface area (Å²) in [7, 11) is 0. The lowest BCUT2D eigenvalue weighted by atomic mass is 9.97. The standard InChI is InChI=1S/C16H20N2O/c1-11-9-14-13-5-3-4-6-15(13)17-16(14)10-18(11)8-7-12(2)19/h3-6,11,17,19H,2,7-10H2,1H3/t11-/m1/s1. The third-order valence-corrected chi connectivity index (χ3v) is 4.07. The van der Waals surface area contributed by atoms with Gasteiger partial charge in [0.05, 0.1) is 5.76 Å².